The molecule has 0 amide bonds. The van der Waals surface area contributed by atoms with Crippen LogP contribution in [0, 0.1) is 6.58 Å². The summed E-state index contributed by atoms with van der Waals surface area (Å²) in [6.45, 7) is 4.94. The van der Waals surface area contributed by atoms with Crippen molar-refractivity contribution in [2.75, 3.05) is 14.2 Å². The summed E-state index contributed by atoms with van der Waals surface area (Å²) in [7, 11) is 2.89. The van der Waals surface area contributed by atoms with E-state index in [1.54, 1.807) is 0 Å². The Kier molecular flexibility index (Phi) is 2.29. The lowest BCUT2D eigenvalue weighted by Crippen LogP contribution is -1.84. The minimum atomic E-state index is 0.0926. The Bertz CT molecular complexity index is 43.5. The van der Waals surface area contributed by atoms with E-state index in [2.05, 4.69) is 9.47 Å². The largest absolute Gasteiger partial charge is 0.469 e. The van der Waals surface area contributed by atoms with E-state index in [1.165, 1.54) is 14.2 Å². The van der Waals surface area contributed by atoms with Gasteiger partial charge in [-0.25, -0.2) is 0 Å². The molecule has 0 spiro atoms. The van der Waals surface area contributed by atoms with E-state index >= 15 is 0 Å². The molecule has 0 saturated carbocycles. The van der Waals surface area contributed by atoms with Crippen LogP contribution in [0.25, 0.3) is 0 Å². The Balaban J connectivity index is 2.99. The molecule has 0 rings (SSSR count). The molecule has 0 aliphatic rings. The molecule has 0 heterocycles. The van der Waals surface area contributed by atoms with Crippen molar-refractivity contribution in [3.05, 3.63) is 12.5 Å². The predicted octanol–water partition coefficient (Wildman–Crippen LogP) is 0.554. The molecule has 0 atom stereocenters. The quantitative estimate of drug-likeness (QED) is 0.458. The summed E-state index contributed by atoms with van der Waals surface area (Å²) < 4.78 is 8.74. The average molecular weight is 87.1 g/mol. The van der Waals surface area contributed by atoms with Crippen molar-refractivity contribution in [2.24, 2.45) is 0 Å². The molecule has 2 nitrogen and oxygen atoms in total. The van der Waals surface area contributed by atoms with Crippen molar-refractivity contribution in [1.29, 1.82) is 0 Å². The van der Waals surface area contributed by atoms with Crippen molar-refractivity contribution >= 4 is 0 Å². The fourth-order valence-corrected chi connectivity index (χ4v) is 0.0833. The molecule has 0 aromatic rings. The Morgan fingerprint density at radius 1 is 1.33 bits per heavy atom. The molecule has 35 valence electrons. The summed E-state index contributed by atoms with van der Waals surface area (Å²) in [5.74, 6) is 0.0926. The molecule has 2 heteroatoms. The molecule has 0 N–H and O–H groups in total. The fourth-order valence-electron chi connectivity index (χ4n) is 0.0833. The van der Waals surface area contributed by atoms with Gasteiger partial charge in [0.25, 0.3) is 5.95 Å². The predicted molar refractivity (Wildman–Crippen MR) is 21.8 cm³/mol. The van der Waals surface area contributed by atoms with Gasteiger partial charge in [-0.3, -0.25) is 0 Å². The molecule has 0 unspecified atom stereocenters. The Hall–Kier alpha value is -0.660. The van der Waals surface area contributed by atoms with Gasteiger partial charge in [0.15, 0.2) is 0 Å². The highest BCUT2D eigenvalue weighted by molar-refractivity contribution is 4.57. The molecule has 0 aliphatic carbocycles. The van der Waals surface area contributed by atoms with Crippen LogP contribution in [0.1, 0.15) is 0 Å². The number of hydrogen-bond donors (Lipinski definition) is 0. The van der Waals surface area contributed by atoms with Gasteiger partial charge in [0.1, 0.15) is 0 Å². The zero-order valence-electron chi connectivity index (χ0n) is 3.89. The van der Waals surface area contributed by atoms with Gasteiger partial charge in [0.05, 0.1) is 14.2 Å². The van der Waals surface area contributed by atoms with Crippen molar-refractivity contribution in [2.45, 2.75) is 0 Å². The molecule has 0 saturated heterocycles. The molecular formula is C4H7O2. The van der Waals surface area contributed by atoms with Gasteiger partial charge in [-0.2, -0.15) is 0 Å². The highest BCUT2D eigenvalue weighted by atomic mass is 16.7. The number of hydrogen-bond acceptors (Lipinski definition) is 2. The lowest BCUT2D eigenvalue weighted by Gasteiger charge is -1.96. The minimum absolute atomic E-state index is 0.0926. The third-order valence-corrected chi connectivity index (χ3v) is 0.402. The topological polar surface area (TPSA) is 18.5 Å². The molecular weight excluding hydrogens is 80.0 g/mol. The first-order chi connectivity index (χ1) is 2.81. The lowest BCUT2D eigenvalue weighted by molar-refractivity contribution is 0.0959. The smallest absolute Gasteiger partial charge is 0.278 e. The first-order valence-corrected chi connectivity index (χ1v) is 1.51. The van der Waals surface area contributed by atoms with Crippen molar-refractivity contribution in [1.82, 2.24) is 0 Å². The zero-order chi connectivity index (χ0) is 4.99. The van der Waals surface area contributed by atoms with Crippen LogP contribution in [0.15, 0.2) is 5.95 Å². The molecule has 0 aromatic heterocycles. The highest BCUT2D eigenvalue weighted by Crippen LogP contribution is 1.85. The van der Waals surface area contributed by atoms with Gasteiger partial charge >= 0.3 is 0 Å². The maximum Gasteiger partial charge on any atom is 0.278 e. The van der Waals surface area contributed by atoms with Gasteiger partial charge < -0.3 is 9.47 Å². The average Bonchev–Trinajstić information content (AvgIpc) is 1.65. The second-order valence-corrected chi connectivity index (χ2v) is 0.727. The second kappa shape index (κ2) is 2.57. The second-order valence-electron chi connectivity index (χ2n) is 0.727. The maximum atomic E-state index is 4.94. The standard InChI is InChI=1S/C4H7O2/c1-4(5-2)6-3/h1H,2-3H3. The van der Waals surface area contributed by atoms with Gasteiger partial charge in [-0.05, 0) is 0 Å². The third kappa shape index (κ3) is 1.64. The van der Waals surface area contributed by atoms with Crippen LogP contribution in [0.4, 0.5) is 0 Å². The van der Waals surface area contributed by atoms with Crippen molar-refractivity contribution < 1.29 is 9.47 Å². The molecule has 0 aliphatic heterocycles. The summed E-state index contributed by atoms with van der Waals surface area (Å²) in [5, 5.41) is 0. The minimum Gasteiger partial charge on any atom is -0.469 e. The van der Waals surface area contributed by atoms with Crippen LogP contribution in [-0.2, 0) is 9.47 Å². The summed E-state index contributed by atoms with van der Waals surface area (Å²) >= 11 is 0. The lowest BCUT2D eigenvalue weighted by atomic mass is 11.0. The van der Waals surface area contributed by atoms with E-state index in [-0.39, 0.29) is 5.95 Å². The Morgan fingerprint density at radius 3 is 1.67 bits per heavy atom. The monoisotopic (exact) mass is 87.0 g/mol. The molecule has 0 fully saturated rings. The van der Waals surface area contributed by atoms with Crippen LogP contribution in [0.5, 0.6) is 0 Å². The Labute approximate surface area is 37.4 Å². The zero-order valence-corrected chi connectivity index (χ0v) is 3.89. The van der Waals surface area contributed by atoms with Crippen LogP contribution in [0.2, 0.25) is 0 Å². The number of ether oxygens (including phenoxy) is 2. The van der Waals surface area contributed by atoms with Gasteiger partial charge in [0, 0.05) is 6.58 Å². The normalized spacial score (nSPS) is 7.00. The molecule has 0 aromatic carbocycles. The van der Waals surface area contributed by atoms with Crippen LogP contribution in [0.3, 0.4) is 0 Å². The van der Waals surface area contributed by atoms with E-state index in [0.29, 0.717) is 0 Å². The van der Waals surface area contributed by atoms with E-state index in [4.69, 9.17) is 6.58 Å². The maximum absolute atomic E-state index is 4.94. The Morgan fingerprint density at radius 2 is 1.67 bits per heavy atom. The van der Waals surface area contributed by atoms with Crippen molar-refractivity contribution in [3.63, 3.8) is 0 Å². The van der Waals surface area contributed by atoms with Crippen LogP contribution < -0.4 is 0 Å². The highest BCUT2D eigenvalue weighted by Gasteiger charge is 1.78. The first kappa shape index (κ1) is 5.34. The fraction of sp³-hybridized carbons (Fsp3) is 0.500. The van der Waals surface area contributed by atoms with Gasteiger partial charge in [0.2, 0.25) is 0 Å². The number of rotatable bonds is 2. The van der Waals surface area contributed by atoms with Gasteiger partial charge in [-0.1, -0.05) is 0 Å². The first-order valence-electron chi connectivity index (χ1n) is 1.51. The number of methoxy groups -OCH3 is 2. The SMILES string of the molecule is [CH]=C(OC)OC. The van der Waals surface area contributed by atoms with E-state index in [0.717, 1.165) is 0 Å². The summed E-state index contributed by atoms with van der Waals surface area (Å²) in [4.78, 5) is 0. The van der Waals surface area contributed by atoms with Crippen LogP contribution in [-0.4, -0.2) is 14.2 Å². The van der Waals surface area contributed by atoms with Gasteiger partial charge in [-0.15, -0.1) is 0 Å². The van der Waals surface area contributed by atoms with E-state index in [9.17, 15) is 0 Å². The summed E-state index contributed by atoms with van der Waals surface area (Å²) in [6, 6.07) is 0. The van der Waals surface area contributed by atoms with Crippen LogP contribution >= 0.6 is 0 Å². The third-order valence-electron chi connectivity index (χ3n) is 0.402. The van der Waals surface area contributed by atoms with E-state index < -0.39 is 0 Å². The molecule has 0 bridgehead atoms. The summed E-state index contributed by atoms with van der Waals surface area (Å²) in [6.07, 6.45) is 0. The molecule has 6 heavy (non-hydrogen) atoms. The van der Waals surface area contributed by atoms with Crippen molar-refractivity contribution in [3.8, 4) is 0 Å². The summed E-state index contributed by atoms with van der Waals surface area (Å²) in [5.41, 5.74) is 0. The van der Waals surface area contributed by atoms with E-state index in [1.807, 2.05) is 0 Å². The molecule has 1 radical (unpaired) electrons.